The minimum absolute atomic E-state index is 0.105. The summed E-state index contributed by atoms with van der Waals surface area (Å²) in [5, 5.41) is 9.36. The molecule has 9 heteroatoms. The van der Waals surface area contributed by atoms with Crippen molar-refractivity contribution in [2.24, 2.45) is 5.92 Å². The molecule has 2 saturated carbocycles. The van der Waals surface area contributed by atoms with E-state index in [1.54, 1.807) is 17.0 Å². The fourth-order valence-electron chi connectivity index (χ4n) is 6.89. The molecule has 1 aromatic carbocycles. The second-order valence-electron chi connectivity index (χ2n) is 12.2. The van der Waals surface area contributed by atoms with Crippen molar-refractivity contribution in [1.82, 2.24) is 29.4 Å². The predicted molar refractivity (Wildman–Crippen MR) is 145 cm³/mol. The molecular weight excluding hydrogens is 498 g/mol. The van der Waals surface area contributed by atoms with E-state index in [0.717, 1.165) is 49.1 Å². The second kappa shape index (κ2) is 9.11. The first kappa shape index (κ1) is 24.7. The van der Waals surface area contributed by atoms with Gasteiger partial charge in [-0.15, -0.1) is 0 Å². The molecular formula is C30H34F2N6O. The Kier molecular flexibility index (Phi) is 5.77. The van der Waals surface area contributed by atoms with Crippen LogP contribution in [0.5, 0.6) is 0 Å². The van der Waals surface area contributed by atoms with Gasteiger partial charge in [0.2, 0.25) is 5.92 Å². The average molecular weight is 533 g/mol. The Morgan fingerprint density at radius 1 is 1.10 bits per heavy atom. The second-order valence-corrected chi connectivity index (χ2v) is 12.2. The van der Waals surface area contributed by atoms with Gasteiger partial charge >= 0.3 is 0 Å². The maximum atomic E-state index is 14.2. The number of pyridine rings is 1. The molecule has 1 saturated heterocycles. The molecule has 0 amide bonds. The number of halogens is 2. The monoisotopic (exact) mass is 532 g/mol. The number of alkyl halides is 2. The van der Waals surface area contributed by atoms with Gasteiger partial charge in [-0.2, -0.15) is 15.0 Å². The van der Waals surface area contributed by atoms with Crippen molar-refractivity contribution in [3.05, 3.63) is 76.1 Å². The summed E-state index contributed by atoms with van der Waals surface area (Å²) in [5.41, 5.74) is 3.50. The zero-order chi connectivity index (χ0) is 26.8. The smallest absolute Gasteiger partial charge is 0.279 e. The lowest BCUT2D eigenvalue weighted by Gasteiger charge is -2.47. The van der Waals surface area contributed by atoms with Crippen LogP contribution in [0.15, 0.2) is 53.7 Å². The number of benzene rings is 1. The first-order valence-corrected chi connectivity index (χ1v) is 14.1. The lowest BCUT2D eigenvalue weighted by molar-refractivity contribution is -0.133. The number of hydrogen-bond acceptors (Lipinski definition) is 4. The molecule has 1 N–H and O–H groups in total. The molecule has 39 heavy (non-hydrogen) atoms. The summed E-state index contributed by atoms with van der Waals surface area (Å²) < 4.78 is 30.2. The van der Waals surface area contributed by atoms with Crippen LogP contribution in [-0.2, 0) is 18.5 Å². The minimum atomic E-state index is -2.72. The number of fused-ring (bicyclic) bond motifs is 1. The van der Waals surface area contributed by atoms with Gasteiger partial charge in [-0.05, 0) is 73.4 Å². The van der Waals surface area contributed by atoms with Crippen LogP contribution in [0.25, 0.3) is 16.6 Å². The van der Waals surface area contributed by atoms with Gasteiger partial charge < -0.3 is 4.98 Å². The fraction of sp³-hybridized carbons (Fsp3) is 0.500. The van der Waals surface area contributed by atoms with Crippen LogP contribution in [0.1, 0.15) is 68.2 Å². The summed E-state index contributed by atoms with van der Waals surface area (Å²) in [5.74, 6) is -1.58. The van der Waals surface area contributed by atoms with E-state index < -0.39 is 11.3 Å². The average Bonchev–Trinajstić information content (AvgIpc) is 3.43. The van der Waals surface area contributed by atoms with Crippen LogP contribution in [0.2, 0.25) is 0 Å². The van der Waals surface area contributed by atoms with Crippen molar-refractivity contribution in [2.75, 3.05) is 13.1 Å². The van der Waals surface area contributed by atoms with Crippen LogP contribution in [-0.4, -0.2) is 48.5 Å². The number of rotatable bonds is 7. The molecule has 0 spiro atoms. The van der Waals surface area contributed by atoms with Crippen LogP contribution >= 0.6 is 0 Å². The van der Waals surface area contributed by atoms with Gasteiger partial charge in [-0.3, -0.25) is 14.3 Å². The molecule has 0 radical (unpaired) electrons. The fourth-order valence-corrected chi connectivity index (χ4v) is 6.89. The molecule has 0 unspecified atom stereocenters. The zero-order valence-corrected chi connectivity index (χ0v) is 22.2. The zero-order valence-electron chi connectivity index (χ0n) is 22.2. The molecule has 7 rings (SSSR count). The van der Waals surface area contributed by atoms with Crippen molar-refractivity contribution in [3.8, 4) is 5.69 Å². The van der Waals surface area contributed by atoms with Crippen molar-refractivity contribution in [3.63, 3.8) is 0 Å². The van der Waals surface area contributed by atoms with Gasteiger partial charge in [0.25, 0.3) is 5.56 Å². The highest BCUT2D eigenvalue weighted by atomic mass is 19.3. The number of aromatic nitrogens is 5. The molecule has 4 heterocycles. The molecule has 204 valence electrons. The van der Waals surface area contributed by atoms with Gasteiger partial charge in [-0.25, -0.2) is 8.78 Å². The van der Waals surface area contributed by atoms with E-state index in [2.05, 4.69) is 33.1 Å². The Labute approximate surface area is 225 Å². The van der Waals surface area contributed by atoms with Crippen molar-refractivity contribution in [1.29, 1.82) is 0 Å². The van der Waals surface area contributed by atoms with Crippen molar-refractivity contribution in [2.45, 2.75) is 75.8 Å². The molecule has 2 aliphatic carbocycles. The third-order valence-electron chi connectivity index (χ3n) is 8.88. The topological polar surface area (TPSA) is 71.7 Å². The lowest BCUT2D eigenvalue weighted by atomic mass is 9.62. The van der Waals surface area contributed by atoms with Crippen molar-refractivity contribution < 1.29 is 8.78 Å². The molecule has 3 fully saturated rings. The highest BCUT2D eigenvalue weighted by molar-refractivity contribution is 5.84. The summed E-state index contributed by atoms with van der Waals surface area (Å²) in [4.78, 5) is 21.3. The summed E-state index contributed by atoms with van der Waals surface area (Å²) in [6.07, 6.45) is 9.30. The van der Waals surface area contributed by atoms with Crippen LogP contribution in [0.4, 0.5) is 8.78 Å². The van der Waals surface area contributed by atoms with Gasteiger partial charge in [-0.1, -0.05) is 19.1 Å². The van der Waals surface area contributed by atoms with Gasteiger partial charge in [0.05, 0.1) is 18.9 Å². The van der Waals surface area contributed by atoms with Crippen LogP contribution in [0.3, 0.4) is 0 Å². The van der Waals surface area contributed by atoms with E-state index in [0.29, 0.717) is 23.0 Å². The highest BCUT2D eigenvalue weighted by Gasteiger charge is 2.57. The Morgan fingerprint density at radius 3 is 2.62 bits per heavy atom. The number of nitrogens with one attached hydrogen (secondary N) is 1. The quantitative estimate of drug-likeness (QED) is 0.347. The van der Waals surface area contributed by atoms with E-state index in [1.165, 1.54) is 23.2 Å². The Morgan fingerprint density at radius 2 is 1.90 bits per heavy atom. The maximum absolute atomic E-state index is 14.2. The largest absolute Gasteiger partial charge is 0.353 e. The molecule has 7 nitrogen and oxygen atoms in total. The first-order valence-electron chi connectivity index (χ1n) is 14.1. The molecule has 3 aromatic heterocycles. The Hall–Kier alpha value is -3.33. The SMILES string of the molecule is C[C@H]1CCCN(Cc2cc3c(C4CC4)cn(-c4cccc(C5(Cn6nccn6)CC(F)(F)C5)c4)c(=O)c3[nH]2)C1. The van der Waals surface area contributed by atoms with Gasteiger partial charge in [0.15, 0.2) is 0 Å². The summed E-state index contributed by atoms with van der Waals surface area (Å²) in [6, 6.07) is 9.72. The maximum Gasteiger partial charge on any atom is 0.279 e. The predicted octanol–water partition coefficient (Wildman–Crippen LogP) is 5.39. The van der Waals surface area contributed by atoms with E-state index >= 15 is 0 Å². The van der Waals surface area contributed by atoms with E-state index in [4.69, 9.17) is 0 Å². The van der Waals surface area contributed by atoms with E-state index in [9.17, 15) is 13.6 Å². The third-order valence-corrected chi connectivity index (χ3v) is 8.88. The van der Waals surface area contributed by atoms with Gasteiger partial charge in [0.1, 0.15) is 5.52 Å². The highest BCUT2D eigenvalue weighted by Crippen LogP contribution is 2.54. The molecule has 0 bridgehead atoms. The normalized spacial score (nSPS) is 22.7. The molecule has 4 aromatic rings. The van der Waals surface area contributed by atoms with E-state index in [1.807, 2.05) is 30.5 Å². The Balaban J connectivity index is 1.27. The summed E-state index contributed by atoms with van der Waals surface area (Å²) >= 11 is 0. The standard InChI is InChI=1S/C30H34F2N6O/c1-20-4-3-11-36(14-20)15-23-13-25-26(21-7-8-21)16-37(28(39)27(25)35-23)24-6-2-5-22(12-24)29(17-30(31,32)18-29)19-38-33-9-10-34-38/h2,5-6,9-10,12-13,16,20-21,35H,3-4,7-8,11,14-15,17-19H2,1H3/t20-/m0/s1. The molecule has 1 aliphatic heterocycles. The van der Waals surface area contributed by atoms with Gasteiger partial charge in [0, 0.05) is 54.3 Å². The number of piperidine rings is 1. The third kappa shape index (κ3) is 4.60. The molecule has 1 atom stereocenters. The lowest BCUT2D eigenvalue weighted by Crippen LogP contribution is -2.52. The van der Waals surface area contributed by atoms with Crippen LogP contribution in [0, 0.1) is 5.92 Å². The number of aromatic amines is 1. The first-order chi connectivity index (χ1) is 18.8. The van der Waals surface area contributed by atoms with E-state index in [-0.39, 0.29) is 24.9 Å². The Bertz CT molecular complexity index is 1560. The van der Waals surface area contributed by atoms with Crippen molar-refractivity contribution >= 4 is 10.9 Å². The number of nitrogens with zero attached hydrogens (tertiary/aromatic N) is 5. The number of hydrogen-bond donors (Lipinski definition) is 1. The number of H-pyrrole nitrogens is 1. The molecule has 3 aliphatic rings. The number of likely N-dealkylation sites (tertiary alicyclic amines) is 1. The summed E-state index contributed by atoms with van der Waals surface area (Å²) in [6.45, 7) is 5.55. The summed E-state index contributed by atoms with van der Waals surface area (Å²) in [7, 11) is 0. The van der Waals surface area contributed by atoms with Crippen LogP contribution < -0.4 is 5.56 Å². The minimum Gasteiger partial charge on any atom is -0.353 e.